The highest BCUT2D eigenvalue weighted by atomic mass is 16.1. The molecule has 1 amide bonds. The van der Waals surface area contributed by atoms with Crippen LogP contribution < -0.4 is 5.32 Å². The molecule has 0 spiro atoms. The summed E-state index contributed by atoms with van der Waals surface area (Å²) in [6.07, 6.45) is 0.212. The molecule has 1 unspecified atom stereocenters. The van der Waals surface area contributed by atoms with E-state index in [1.54, 1.807) is 0 Å². The Kier molecular flexibility index (Phi) is 5.33. The Hall–Kier alpha value is -1.82. The van der Waals surface area contributed by atoms with E-state index in [-0.39, 0.29) is 29.7 Å². The molecule has 3 nitrogen and oxygen atoms in total. The molecule has 0 aliphatic heterocycles. The van der Waals surface area contributed by atoms with Crippen LogP contribution in [0.2, 0.25) is 0 Å². The van der Waals surface area contributed by atoms with Gasteiger partial charge in [-0.1, -0.05) is 45.0 Å². The second-order valence-corrected chi connectivity index (χ2v) is 6.48. The lowest BCUT2D eigenvalue weighted by Gasteiger charge is -2.20. The maximum Gasteiger partial charge on any atom is 0.221 e. The van der Waals surface area contributed by atoms with Crippen LogP contribution in [0.4, 0.5) is 0 Å². The molecule has 1 N–H and O–H groups in total. The third-order valence-corrected chi connectivity index (χ3v) is 3.17. The lowest BCUT2D eigenvalue weighted by Crippen LogP contribution is -2.31. The Labute approximate surface area is 122 Å². The summed E-state index contributed by atoms with van der Waals surface area (Å²) < 4.78 is 0. The molecule has 0 saturated carbocycles. The fourth-order valence-electron chi connectivity index (χ4n) is 2.02. The third-order valence-electron chi connectivity index (χ3n) is 3.17. The van der Waals surface area contributed by atoms with Crippen LogP contribution >= 0.6 is 0 Å². The predicted octanol–water partition coefficient (Wildman–Crippen LogP) is 3.51. The van der Waals surface area contributed by atoms with Crippen LogP contribution in [-0.2, 0) is 10.2 Å². The van der Waals surface area contributed by atoms with Crippen LogP contribution in [0, 0.1) is 11.3 Å². The Morgan fingerprint density at radius 3 is 2.20 bits per heavy atom. The highest BCUT2D eigenvalue weighted by Crippen LogP contribution is 2.25. The highest BCUT2D eigenvalue weighted by molar-refractivity contribution is 5.77. The molecule has 0 bridgehead atoms. The molecule has 0 aliphatic carbocycles. The first-order valence-corrected chi connectivity index (χ1v) is 7.03. The number of hydrogen-bond donors (Lipinski definition) is 1. The number of nitriles is 1. The number of nitrogens with zero attached hydrogens (tertiary/aromatic N) is 1. The van der Waals surface area contributed by atoms with E-state index in [9.17, 15) is 10.1 Å². The van der Waals surface area contributed by atoms with E-state index >= 15 is 0 Å². The quantitative estimate of drug-likeness (QED) is 0.912. The van der Waals surface area contributed by atoms with Gasteiger partial charge >= 0.3 is 0 Å². The lowest BCUT2D eigenvalue weighted by atomic mass is 9.85. The molecule has 0 aromatic heterocycles. The Morgan fingerprint density at radius 1 is 1.25 bits per heavy atom. The number of amides is 1. The van der Waals surface area contributed by atoms with Gasteiger partial charge < -0.3 is 5.32 Å². The van der Waals surface area contributed by atoms with Crippen molar-refractivity contribution in [1.82, 2.24) is 5.32 Å². The second-order valence-electron chi connectivity index (χ2n) is 6.48. The van der Waals surface area contributed by atoms with Crippen LogP contribution in [0.1, 0.15) is 58.1 Å². The Balaban J connectivity index is 2.81. The summed E-state index contributed by atoms with van der Waals surface area (Å²) in [5.74, 6) is -0.464. The third kappa shape index (κ3) is 4.70. The van der Waals surface area contributed by atoms with E-state index in [0.29, 0.717) is 0 Å². The number of hydrogen-bond acceptors (Lipinski definition) is 2. The molecular formula is C17H24N2O. The summed E-state index contributed by atoms with van der Waals surface area (Å²) in [5.41, 5.74) is 2.22. The summed E-state index contributed by atoms with van der Waals surface area (Å²) >= 11 is 0. The normalized spacial score (nSPS) is 12.8. The fourth-order valence-corrected chi connectivity index (χ4v) is 2.02. The van der Waals surface area contributed by atoms with Gasteiger partial charge in [0.2, 0.25) is 5.91 Å². The maximum absolute atomic E-state index is 11.8. The first-order chi connectivity index (χ1) is 9.24. The largest absolute Gasteiger partial charge is 0.354 e. The zero-order valence-electron chi connectivity index (χ0n) is 13.0. The highest BCUT2D eigenvalue weighted by Gasteiger charge is 2.18. The monoisotopic (exact) mass is 272 g/mol. The van der Waals surface area contributed by atoms with Crippen molar-refractivity contribution in [3.05, 3.63) is 35.4 Å². The number of carbonyl (C=O) groups excluding carboxylic acids is 1. The predicted molar refractivity (Wildman–Crippen MR) is 81.4 cm³/mol. The van der Waals surface area contributed by atoms with Crippen molar-refractivity contribution < 1.29 is 4.79 Å². The summed E-state index contributed by atoms with van der Waals surface area (Å²) in [7, 11) is 0. The minimum absolute atomic E-state index is 0.0774. The molecule has 0 fully saturated rings. The molecule has 1 aromatic carbocycles. The van der Waals surface area contributed by atoms with Crippen LogP contribution in [-0.4, -0.2) is 11.9 Å². The van der Waals surface area contributed by atoms with Crippen molar-refractivity contribution in [1.29, 1.82) is 5.26 Å². The van der Waals surface area contributed by atoms with Gasteiger partial charge in [-0.3, -0.25) is 4.79 Å². The average Bonchev–Trinajstić information content (AvgIpc) is 2.34. The Morgan fingerprint density at radius 2 is 1.80 bits per heavy atom. The SMILES string of the molecule is CC(C)NC(=O)CC(C#N)c1ccc(C(C)(C)C)cc1. The van der Waals surface area contributed by atoms with Crippen molar-refractivity contribution in [2.24, 2.45) is 0 Å². The Bertz CT molecular complexity index is 489. The summed E-state index contributed by atoms with van der Waals surface area (Å²) in [5, 5.41) is 12.1. The van der Waals surface area contributed by atoms with Gasteiger partial charge in [0.15, 0.2) is 0 Å². The van der Waals surface area contributed by atoms with Crippen LogP contribution in [0.15, 0.2) is 24.3 Å². The van der Waals surface area contributed by atoms with Gasteiger partial charge in [0, 0.05) is 12.5 Å². The maximum atomic E-state index is 11.8. The first-order valence-electron chi connectivity index (χ1n) is 7.03. The molecule has 0 aliphatic rings. The first kappa shape index (κ1) is 16.2. The zero-order valence-corrected chi connectivity index (χ0v) is 13.0. The van der Waals surface area contributed by atoms with Gasteiger partial charge in [0.05, 0.1) is 12.0 Å². The van der Waals surface area contributed by atoms with E-state index in [2.05, 4.69) is 32.2 Å². The number of rotatable bonds is 4. The van der Waals surface area contributed by atoms with Gasteiger partial charge in [-0.2, -0.15) is 5.26 Å². The van der Waals surface area contributed by atoms with Gasteiger partial charge in [0.25, 0.3) is 0 Å². The number of nitrogens with one attached hydrogen (secondary N) is 1. The van der Waals surface area contributed by atoms with Crippen LogP contribution in [0.25, 0.3) is 0 Å². The summed E-state index contributed by atoms with van der Waals surface area (Å²) in [4.78, 5) is 11.8. The van der Waals surface area contributed by atoms with E-state index < -0.39 is 0 Å². The second kappa shape index (κ2) is 6.56. The topological polar surface area (TPSA) is 52.9 Å². The van der Waals surface area contributed by atoms with E-state index in [1.807, 2.05) is 38.1 Å². The molecule has 1 aromatic rings. The van der Waals surface area contributed by atoms with Gasteiger partial charge in [-0.15, -0.1) is 0 Å². The van der Waals surface area contributed by atoms with Gasteiger partial charge in [-0.05, 0) is 30.4 Å². The molecule has 108 valence electrons. The molecule has 0 heterocycles. The van der Waals surface area contributed by atoms with E-state index in [4.69, 9.17) is 0 Å². The van der Waals surface area contributed by atoms with Crippen molar-refractivity contribution in [2.75, 3.05) is 0 Å². The smallest absolute Gasteiger partial charge is 0.221 e. The fraction of sp³-hybridized carbons (Fsp3) is 0.529. The average molecular weight is 272 g/mol. The molecule has 1 rings (SSSR count). The lowest BCUT2D eigenvalue weighted by molar-refractivity contribution is -0.121. The van der Waals surface area contributed by atoms with Crippen molar-refractivity contribution in [3.63, 3.8) is 0 Å². The molecule has 3 heteroatoms. The molecule has 0 radical (unpaired) electrons. The number of carbonyl (C=O) groups is 1. The van der Waals surface area contributed by atoms with E-state index in [0.717, 1.165) is 5.56 Å². The standard InChI is InChI=1S/C17H24N2O/c1-12(2)19-16(20)10-14(11-18)13-6-8-15(9-7-13)17(3,4)5/h6-9,12,14H,10H2,1-5H3,(H,19,20). The van der Waals surface area contributed by atoms with Crippen molar-refractivity contribution in [3.8, 4) is 6.07 Å². The van der Waals surface area contributed by atoms with Crippen LogP contribution in [0.3, 0.4) is 0 Å². The van der Waals surface area contributed by atoms with Crippen molar-refractivity contribution >= 4 is 5.91 Å². The summed E-state index contributed by atoms with van der Waals surface area (Å²) in [6, 6.07) is 10.3. The minimum atomic E-state index is -0.386. The van der Waals surface area contributed by atoms with Crippen LogP contribution in [0.5, 0.6) is 0 Å². The van der Waals surface area contributed by atoms with Gasteiger partial charge in [-0.25, -0.2) is 0 Å². The summed E-state index contributed by atoms with van der Waals surface area (Å²) in [6.45, 7) is 10.3. The van der Waals surface area contributed by atoms with Gasteiger partial charge in [0.1, 0.15) is 0 Å². The van der Waals surface area contributed by atoms with Crippen molar-refractivity contribution in [2.45, 2.75) is 58.4 Å². The molecular weight excluding hydrogens is 248 g/mol. The molecule has 0 saturated heterocycles. The number of benzene rings is 1. The molecule has 20 heavy (non-hydrogen) atoms. The van der Waals surface area contributed by atoms with E-state index in [1.165, 1.54) is 5.56 Å². The molecule has 1 atom stereocenters. The zero-order chi connectivity index (χ0) is 15.3. The minimum Gasteiger partial charge on any atom is -0.354 e.